The molecule has 3 nitrogen and oxygen atoms in total. The Balaban J connectivity index is 2.64. The first kappa shape index (κ1) is 9.06. The van der Waals surface area contributed by atoms with Crippen molar-refractivity contribution in [1.29, 1.82) is 0 Å². The largest absolute Gasteiger partial charge is 0.303 e. The maximum Gasteiger partial charge on any atom is 0.151 e. The van der Waals surface area contributed by atoms with Gasteiger partial charge in [-0.1, -0.05) is 6.08 Å². The third-order valence-electron chi connectivity index (χ3n) is 1.14. The zero-order valence-electron chi connectivity index (χ0n) is 6.27. The molecule has 0 bridgehead atoms. The van der Waals surface area contributed by atoms with Crippen molar-refractivity contribution in [3.05, 3.63) is 28.8 Å². The number of aromatic nitrogens is 2. The van der Waals surface area contributed by atoms with E-state index in [2.05, 4.69) is 25.9 Å². The summed E-state index contributed by atoms with van der Waals surface area (Å²) < 4.78 is 0.843. The second-order valence-electron chi connectivity index (χ2n) is 2.06. The van der Waals surface area contributed by atoms with Crippen molar-refractivity contribution in [3.8, 4) is 0 Å². The van der Waals surface area contributed by atoms with Gasteiger partial charge in [0.15, 0.2) is 5.82 Å². The van der Waals surface area contributed by atoms with Crippen LogP contribution in [0.5, 0.6) is 0 Å². The number of carbonyl (C=O) groups excluding carboxylic acids is 1. The first-order valence-corrected chi connectivity index (χ1v) is 4.20. The Morgan fingerprint density at radius 1 is 1.42 bits per heavy atom. The minimum Gasteiger partial charge on any atom is -0.303 e. The molecule has 0 aromatic carbocycles. The van der Waals surface area contributed by atoms with Crippen molar-refractivity contribution in [2.24, 2.45) is 0 Å². The van der Waals surface area contributed by atoms with E-state index in [4.69, 9.17) is 0 Å². The van der Waals surface area contributed by atoms with Crippen LogP contribution in [0.15, 0.2) is 22.9 Å². The van der Waals surface area contributed by atoms with E-state index < -0.39 is 0 Å². The van der Waals surface area contributed by atoms with E-state index in [1.807, 2.05) is 0 Å². The predicted octanol–water partition coefficient (Wildman–Crippen LogP) is 1.84. The van der Waals surface area contributed by atoms with Crippen LogP contribution in [0, 0.1) is 0 Å². The summed E-state index contributed by atoms with van der Waals surface area (Å²) in [5, 5.41) is 0. The lowest BCUT2D eigenvalue weighted by molar-refractivity contribution is -0.107. The second kappa shape index (κ2) is 4.77. The van der Waals surface area contributed by atoms with Crippen LogP contribution in [-0.2, 0) is 4.79 Å². The van der Waals surface area contributed by atoms with Crippen LogP contribution >= 0.6 is 15.9 Å². The van der Waals surface area contributed by atoms with Crippen LogP contribution in [0.3, 0.4) is 0 Å². The van der Waals surface area contributed by atoms with E-state index in [-0.39, 0.29) is 0 Å². The number of hydrogen-bond donors (Lipinski definition) is 0. The van der Waals surface area contributed by atoms with Crippen LogP contribution < -0.4 is 0 Å². The van der Waals surface area contributed by atoms with Gasteiger partial charge in [0.05, 0.1) is 4.47 Å². The molecule has 4 heteroatoms. The maximum absolute atomic E-state index is 9.95. The van der Waals surface area contributed by atoms with E-state index in [0.717, 1.165) is 10.8 Å². The lowest BCUT2D eigenvalue weighted by Crippen LogP contribution is -1.84. The highest BCUT2D eigenvalue weighted by molar-refractivity contribution is 9.10. The molecule has 62 valence electrons. The molecular weight excluding hydrogens is 220 g/mol. The normalized spacial score (nSPS) is 10.4. The monoisotopic (exact) mass is 226 g/mol. The number of halogens is 1. The van der Waals surface area contributed by atoms with Crippen LogP contribution in [0.1, 0.15) is 12.2 Å². The number of carbonyl (C=O) groups is 1. The summed E-state index contributed by atoms with van der Waals surface area (Å²) in [6, 6.07) is 0. The maximum atomic E-state index is 9.95. The summed E-state index contributed by atoms with van der Waals surface area (Å²) in [6.07, 6.45) is 7.98. The van der Waals surface area contributed by atoms with Crippen LogP contribution in [-0.4, -0.2) is 16.3 Å². The Kier molecular flexibility index (Phi) is 3.60. The number of allylic oxidation sites excluding steroid dienone is 1. The zero-order valence-corrected chi connectivity index (χ0v) is 7.86. The summed E-state index contributed by atoms with van der Waals surface area (Å²) >= 11 is 3.22. The van der Waals surface area contributed by atoms with Gasteiger partial charge in [-0.2, -0.15) is 0 Å². The number of nitrogens with zero attached hydrogens (tertiary/aromatic N) is 2. The van der Waals surface area contributed by atoms with E-state index in [1.165, 1.54) is 0 Å². The van der Waals surface area contributed by atoms with Gasteiger partial charge in [0.1, 0.15) is 6.29 Å². The molecule has 0 saturated carbocycles. The Morgan fingerprint density at radius 2 is 2.08 bits per heavy atom. The predicted molar refractivity (Wildman–Crippen MR) is 49.4 cm³/mol. The number of hydrogen-bond acceptors (Lipinski definition) is 3. The van der Waals surface area contributed by atoms with Crippen molar-refractivity contribution in [2.45, 2.75) is 6.42 Å². The number of aldehydes is 1. The highest BCUT2D eigenvalue weighted by Gasteiger charge is 1.88. The molecule has 1 aromatic rings. The minimum atomic E-state index is 0.402. The lowest BCUT2D eigenvalue weighted by Gasteiger charge is -1.90. The van der Waals surface area contributed by atoms with Gasteiger partial charge in [-0.05, 0) is 22.0 Å². The standard InChI is InChI=1S/C8H7BrN2O/c9-7-5-10-8(11-6-7)3-1-2-4-12/h1,3-6H,2H2. The topological polar surface area (TPSA) is 42.9 Å². The lowest BCUT2D eigenvalue weighted by atomic mass is 10.4. The molecule has 1 rings (SSSR count). The summed E-state index contributed by atoms with van der Waals surface area (Å²) in [7, 11) is 0. The third-order valence-corrected chi connectivity index (χ3v) is 1.55. The Morgan fingerprint density at radius 3 is 2.67 bits per heavy atom. The fraction of sp³-hybridized carbons (Fsp3) is 0.125. The Hall–Kier alpha value is -1.03. The molecule has 0 radical (unpaired) electrons. The van der Waals surface area contributed by atoms with Gasteiger partial charge in [-0.25, -0.2) is 9.97 Å². The van der Waals surface area contributed by atoms with Gasteiger partial charge in [-0.15, -0.1) is 0 Å². The SMILES string of the molecule is O=CCC=Cc1ncc(Br)cn1. The van der Waals surface area contributed by atoms with Gasteiger partial charge in [-0.3, -0.25) is 0 Å². The molecule has 0 amide bonds. The van der Waals surface area contributed by atoms with E-state index in [1.54, 1.807) is 24.5 Å². The fourth-order valence-electron chi connectivity index (χ4n) is 0.637. The van der Waals surface area contributed by atoms with Crippen molar-refractivity contribution >= 4 is 28.3 Å². The molecule has 0 fully saturated rings. The molecule has 0 unspecified atom stereocenters. The van der Waals surface area contributed by atoms with Crippen LogP contribution in [0.4, 0.5) is 0 Å². The minimum absolute atomic E-state index is 0.402. The average molecular weight is 227 g/mol. The summed E-state index contributed by atoms with van der Waals surface area (Å²) in [4.78, 5) is 17.9. The summed E-state index contributed by atoms with van der Waals surface area (Å²) in [5.41, 5.74) is 0. The van der Waals surface area contributed by atoms with Crippen molar-refractivity contribution in [2.75, 3.05) is 0 Å². The first-order chi connectivity index (χ1) is 5.83. The molecule has 0 spiro atoms. The molecular formula is C8H7BrN2O. The third kappa shape index (κ3) is 2.92. The molecule has 0 aliphatic rings. The van der Waals surface area contributed by atoms with Gasteiger partial charge < -0.3 is 4.79 Å². The molecule has 12 heavy (non-hydrogen) atoms. The van der Waals surface area contributed by atoms with E-state index >= 15 is 0 Å². The first-order valence-electron chi connectivity index (χ1n) is 3.40. The highest BCUT2D eigenvalue weighted by atomic mass is 79.9. The smallest absolute Gasteiger partial charge is 0.151 e. The number of rotatable bonds is 3. The van der Waals surface area contributed by atoms with Gasteiger partial charge >= 0.3 is 0 Å². The second-order valence-corrected chi connectivity index (χ2v) is 2.98. The zero-order chi connectivity index (χ0) is 8.81. The van der Waals surface area contributed by atoms with Crippen molar-refractivity contribution in [3.63, 3.8) is 0 Å². The van der Waals surface area contributed by atoms with E-state index in [9.17, 15) is 4.79 Å². The average Bonchev–Trinajstić information content (AvgIpc) is 2.09. The van der Waals surface area contributed by atoms with Gasteiger partial charge in [0.25, 0.3) is 0 Å². The molecule has 0 atom stereocenters. The van der Waals surface area contributed by atoms with Gasteiger partial charge in [0, 0.05) is 18.8 Å². The quantitative estimate of drug-likeness (QED) is 0.740. The van der Waals surface area contributed by atoms with Gasteiger partial charge in [0.2, 0.25) is 0 Å². The van der Waals surface area contributed by atoms with Crippen LogP contribution in [0.2, 0.25) is 0 Å². The highest BCUT2D eigenvalue weighted by Crippen LogP contribution is 2.04. The fourth-order valence-corrected chi connectivity index (χ4v) is 0.842. The van der Waals surface area contributed by atoms with Crippen molar-refractivity contribution < 1.29 is 4.79 Å². The molecule has 0 aliphatic heterocycles. The molecule has 0 saturated heterocycles. The Bertz CT molecular complexity index is 282. The summed E-state index contributed by atoms with van der Waals surface area (Å²) in [5.74, 6) is 0.611. The van der Waals surface area contributed by atoms with Crippen molar-refractivity contribution in [1.82, 2.24) is 9.97 Å². The molecule has 1 heterocycles. The Labute approximate surface area is 78.7 Å². The molecule has 0 aliphatic carbocycles. The van der Waals surface area contributed by atoms with Crippen LogP contribution in [0.25, 0.3) is 6.08 Å². The van der Waals surface area contributed by atoms with E-state index in [0.29, 0.717) is 12.2 Å². The summed E-state index contributed by atoms with van der Waals surface area (Å²) in [6.45, 7) is 0. The molecule has 1 aromatic heterocycles. The molecule has 0 N–H and O–H groups in total.